The van der Waals surface area contributed by atoms with Crippen molar-refractivity contribution in [3.05, 3.63) is 35.4 Å². The Kier molecular flexibility index (Phi) is 4.88. The van der Waals surface area contributed by atoms with Gasteiger partial charge in [-0.1, -0.05) is 25.5 Å². The van der Waals surface area contributed by atoms with Gasteiger partial charge >= 0.3 is 0 Å². The number of aliphatic hydroxyl groups is 1. The Labute approximate surface area is 113 Å². The smallest absolute Gasteiger partial charge is 0.164 e. The van der Waals surface area contributed by atoms with Gasteiger partial charge in [-0.15, -0.1) is 0 Å². The van der Waals surface area contributed by atoms with Crippen LogP contribution in [0.1, 0.15) is 44.3 Å². The summed E-state index contributed by atoms with van der Waals surface area (Å²) in [5.41, 5.74) is 0.0560. The molecule has 1 aromatic carbocycles. The first-order valence-electron chi connectivity index (χ1n) is 6.99. The SMILES string of the molecule is CCC1CCCCN1CC(O)c1cccc(F)c1F. The van der Waals surface area contributed by atoms with Gasteiger partial charge in [-0.2, -0.15) is 0 Å². The molecule has 19 heavy (non-hydrogen) atoms. The van der Waals surface area contributed by atoms with Crippen LogP contribution in [0.3, 0.4) is 0 Å². The van der Waals surface area contributed by atoms with E-state index >= 15 is 0 Å². The molecule has 1 heterocycles. The Hall–Kier alpha value is -1.00. The maximum Gasteiger partial charge on any atom is 0.164 e. The highest BCUT2D eigenvalue weighted by Crippen LogP contribution is 2.25. The Balaban J connectivity index is 2.07. The molecular formula is C15H21F2NO. The van der Waals surface area contributed by atoms with Gasteiger partial charge in [0, 0.05) is 18.2 Å². The van der Waals surface area contributed by atoms with Crippen LogP contribution < -0.4 is 0 Å². The second kappa shape index (κ2) is 6.44. The summed E-state index contributed by atoms with van der Waals surface area (Å²) in [5, 5.41) is 10.1. The van der Waals surface area contributed by atoms with Crippen molar-refractivity contribution in [2.75, 3.05) is 13.1 Å². The molecule has 1 N–H and O–H groups in total. The standard InChI is InChI=1S/C15H21F2NO/c1-2-11-6-3-4-9-18(11)10-14(19)12-7-5-8-13(16)15(12)17/h5,7-8,11,14,19H,2-4,6,9-10H2,1H3. The van der Waals surface area contributed by atoms with Gasteiger partial charge in [-0.3, -0.25) is 4.90 Å². The largest absolute Gasteiger partial charge is 0.387 e. The maximum absolute atomic E-state index is 13.6. The lowest BCUT2D eigenvalue weighted by atomic mass is 9.98. The number of nitrogens with zero attached hydrogens (tertiary/aromatic N) is 1. The van der Waals surface area contributed by atoms with E-state index in [1.54, 1.807) is 0 Å². The fourth-order valence-corrected chi connectivity index (χ4v) is 2.86. The maximum atomic E-state index is 13.6. The third kappa shape index (κ3) is 3.31. The number of halogens is 2. The van der Waals surface area contributed by atoms with Crippen LogP contribution in [0.4, 0.5) is 8.78 Å². The number of rotatable bonds is 4. The highest BCUT2D eigenvalue weighted by Gasteiger charge is 2.25. The predicted molar refractivity (Wildman–Crippen MR) is 70.8 cm³/mol. The average Bonchev–Trinajstić information content (AvgIpc) is 2.42. The number of aliphatic hydroxyl groups excluding tert-OH is 1. The van der Waals surface area contributed by atoms with Crippen molar-refractivity contribution in [3.63, 3.8) is 0 Å². The van der Waals surface area contributed by atoms with Gasteiger partial charge in [0.15, 0.2) is 11.6 Å². The van der Waals surface area contributed by atoms with E-state index in [2.05, 4.69) is 11.8 Å². The van der Waals surface area contributed by atoms with Crippen LogP contribution in [0.2, 0.25) is 0 Å². The van der Waals surface area contributed by atoms with E-state index < -0.39 is 17.7 Å². The van der Waals surface area contributed by atoms with Crippen LogP contribution in [0.5, 0.6) is 0 Å². The molecule has 1 fully saturated rings. The molecule has 2 nitrogen and oxygen atoms in total. The molecule has 0 spiro atoms. The van der Waals surface area contributed by atoms with E-state index in [9.17, 15) is 13.9 Å². The van der Waals surface area contributed by atoms with Crippen molar-refractivity contribution >= 4 is 0 Å². The van der Waals surface area contributed by atoms with Crippen molar-refractivity contribution in [3.8, 4) is 0 Å². The summed E-state index contributed by atoms with van der Waals surface area (Å²) in [5.74, 6) is -1.83. The summed E-state index contributed by atoms with van der Waals surface area (Å²) >= 11 is 0. The van der Waals surface area contributed by atoms with Crippen molar-refractivity contribution < 1.29 is 13.9 Å². The lowest BCUT2D eigenvalue weighted by molar-refractivity contribution is 0.0635. The number of benzene rings is 1. The molecule has 1 aliphatic rings. The molecule has 0 saturated carbocycles. The first kappa shape index (κ1) is 14.4. The normalized spacial score (nSPS) is 22.4. The molecule has 0 aromatic heterocycles. The molecule has 1 saturated heterocycles. The summed E-state index contributed by atoms with van der Waals surface area (Å²) in [6, 6.07) is 4.40. The average molecular weight is 269 g/mol. The molecule has 106 valence electrons. The third-order valence-electron chi connectivity index (χ3n) is 3.97. The number of hydrogen-bond acceptors (Lipinski definition) is 2. The van der Waals surface area contributed by atoms with Gasteiger partial charge in [0.25, 0.3) is 0 Å². The summed E-state index contributed by atoms with van der Waals surface area (Å²) in [4.78, 5) is 2.19. The molecule has 4 heteroatoms. The molecule has 0 bridgehead atoms. The van der Waals surface area contributed by atoms with E-state index in [1.165, 1.54) is 18.6 Å². The Morgan fingerprint density at radius 3 is 2.89 bits per heavy atom. The van der Waals surface area contributed by atoms with Gasteiger partial charge in [0.2, 0.25) is 0 Å². The monoisotopic (exact) mass is 269 g/mol. The zero-order chi connectivity index (χ0) is 13.8. The van der Waals surface area contributed by atoms with E-state index in [1.807, 2.05) is 0 Å². The third-order valence-corrected chi connectivity index (χ3v) is 3.97. The minimum Gasteiger partial charge on any atom is -0.387 e. The zero-order valence-electron chi connectivity index (χ0n) is 11.3. The summed E-state index contributed by atoms with van der Waals surface area (Å²) in [6.07, 6.45) is 3.49. The second-order valence-corrected chi connectivity index (χ2v) is 5.21. The van der Waals surface area contributed by atoms with Gasteiger partial charge in [0.1, 0.15) is 0 Å². The lowest BCUT2D eigenvalue weighted by Crippen LogP contribution is -2.41. The highest BCUT2D eigenvalue weighted by molar-refractivity contribution is 5.21. The molecule has 0 amide bonds. The van der Waals surface area contributed by atoms with Crippen LogP contribution in [-0.2, 0) is 0 Å². The van der Waals surface area contributed by atoms with Crippen LogP contribution in [-0.4, -0.2) is 29.1 Å². The fourth-order valence-electron chi connectivity index (χ4n) is 2.86. The van der Waals surface area contributed by atoms with Crippen LogP contribution >= 0.6 is 0 Å². The first-order valence-corrected chi connectivity index (χ1v) is 6.99. The molecule has 0 radical (unpaired) electrons. The van der Waals surface area contributed by atoms with E-state index in [0.29, 0.717) is 12.6 Å². The van der Waals surface area contributed by atoms with E-state index in [0.717, 1.165) is 31.9 Å². The quantitative estimate of drug-likeness (QED) is 0.907. The first-order chi connectivity index (χ1) is 9.13. The van der Waals surface area contributed by atoms with Crippen molar-refractivity contribution in [1.82, 2.24) is 4.90 Å². The van der Waals surface area contributed by atoms with E-state index in [4.69, 9.17) is 0 Å². The van der Waals surface area contributed by atoms with E-state index in [-0.39, 0.29) is 5.56 Å². The number of likely N-dealkylation sites (tertiary alicyclic amines) is 1. The van der Waals surface area contributed by atoms with Gasteiger partial charge < -0.3 is 5.11 Å². The minimum atomic E-state index is -0.970. The molecule has 2 atom stereocenters. The highest BCUT2D eigenvalue weighted by atomic mass is 19.2. The van der Waals surface area contributed by atoms with Gasteiger partial charge in [-0.05, 0) is 31.9 Å². The summed E-state index contributed by atoms with van der Waals surface area (Å²) < 4.78 is 26.8. The second-order valence-electron chi connectivity index (χ2n) is 5.21. The molecule has 1 aliphatic heterocycles. The van der Waals surface area contributed by atoms with Crippen molar-refractivity contribution in [2.45, 2.75) is 44.8 Å². The number of hydrogen-bond donors (Lipinski definition) is 1. The lowest BCUT2D eigenvalue weighted by Gasteiger charge is -2.36. The summed E-state index contributed by atoms with van der Waals surface area (Å²) in [6.45, 7) is 3.42. The predicted octanol–water partition coefficient (Wildman–Crippen LogP) is 3.26. The zero-order valence-corrected chi connectivity index (χ0v) is 11.3. The Bertz CT molecular complexity index is 425. The molecule has 1 aromatic rings. The van der Waals surface area contributed by atoms with Gasteiger partial charge in [0.05, 0.1) is 6.10 Å². The fraction of sp³-hybridized carbons (Fsp3) is 0.600. The molecule has 2 unspecified atom stereocenters. The van der Waals surface area contributed by atoms with Crippen molar-refractivity contribution in [1.29, 1.82) is 0 Å². The molecule has 0 aliphatic carbocycles. The molecular weight excluding hydrogens is 248 g/mol. The van der Waals surface area contributed by atoms with Crippen LogP contribution in [0.25, 0.3) is 0 Å². The van der Waals surface area contributed by atoms with Crippen LogP contribution in [0.15, 0.2) is 18.2 Å². The Morgan fingerprint density at radius 1 is 1.37 bits per heavy atom. The summed E-state index contributed by atoms with van der Waals surface area (Å²) in [7, 11) is 0. The Morgan fingerprint density at radius 2 is 2.16 bits per heavy atom. The number of β-amino-alcohol motifs (C(OH)–C–C–N with tert-alkyl or cyclic N) is 1. The topological polar surface area (TPSA) is 23.5 Å². The minimum absolute atomic E-state index is 0.0560. The van der Waals surface area contributed by atoms with Crippen molar-refractivity contribution in [2.24, 2.45) is 0 Å². The van der Waals surface area contributed by atoms with Gasteiger partial charge in [-0.25, -0.2) is 8.78 Å². The molecule has 2 rings (SSSR count). The van der Waals surface area contributed by atoms with Crippen LogP contribution in [0, 0.1) is 11.6 Å². The number of piperidine rings is 1.